The van der Waals surface area contributed by atoms with Crippen LogP contribution in [0.5, 0.6) is 0 Å². The third-order valence-electron chi connectivity index (χ3n) is 4.98. The van der Waals surface area contributed by atoms with E-state index in [0.717, 1.165) is 47.7 Å². The van der Waals surface area contributed by atoms with Crippen LogP contribution in [-0.4, -0.2) is 29.1 Å². The molecule has 0 aliphatic rings. The number of para-hydroxylation sites is 3. The monoisotopic (exact) mass is 503 g/mol. The van der Waals surface area contributed by atoms with E-state index in [4.69, 9.17) is 4.42 Å². The predicted octanol–water partition coefficient (Wildman–Crippen LogP) is 4.46. The van der Waals surface area contributed by atoms with Crippen molar-refractivity contribution in [2.75, 3.05) is 13.6 Å². The number of hydrogen-bond acceptors (Lipinski definition) is 3. The van der Waals surface area contributed by atoms with Crippen molar-refractivity contribution in [1.82, 2.24) is 20.2 Å². The lowest BCUT2D eigenvalue weighted by Crippen LogP contribution is -2.37. The summed E-state index contributed by atoms with van der Waals surface area (Å²) in [7, 11) is 1.78. The van der Waals surface area contributed by atoms with Gasteiger partial charge in [0.1, 0.15) is 11.3 Å². The van der Waals surface area contributed by atoms with E-state index in [1.807, 2.05) is 42.7 Å². The average Bonchev–Trinajstić information content (AvgIpc) is 3.29. The van der Waals surface area contributed by atoms with E-state index in [0.29, 0.717) is 6.54 Å². The molecule has 2 aromatic carbocycles. The van der Waals surface area contributed by atoms with E-state index in [1.54, 1.807) is 7.05 Å². The standard InChI is InChI=1S/C22H25N5O.HI/c1-16-17-8-3-6-11-20(17)28-21(16)14-25-22(23-2)24-12-7-13-27-15-26-18-9-4-5-10-19(18)27;/h3-6,8-11,15H,7,12-14H2,1-2H3,(H2,23,24,25);1H. The van der Waals surface area contributed by atoms with Crippen LogP contribution >= 0.6 is 24.0 Å². The summed E-state index contributed by atoms with van der Waals surface area (Å²) < 4.78 is 8.14. The molecule has 0 amide bonds. The molecule has 2 heterocycles. The van der Waals surface area contributed by atoms with Crippen LogP contribution in [0.25, 0.3) is 22.0 Å². The molecular weight excluding hydrogens is 477 g/mol. The Morgan fingerprint density at radius 3 is 2.72 bits per heavy atom. The first kappa shape index (κ1) is 21.2. The molecule has 0 bridgehead atoms. The van der Waals surface area contributed by atoms with Crippen LogP contribution in [0.4, 0.5) is 0 Å². The summed E-state index contributed by atoms with van der Waals surface area (Å²) in [6.07, 6.45) is 2.88. The first-order valence-electron chi connectivity index (χ1n) is 9.57. The largest absolute Gasteiger partial charge is 0.459 e. The smallest absolute Gasteiger partial charge is 0.191 e. The summed E-state index contributed by atoms with van der Waals surface area (Å²) in [4.78, 5) is 8.74. The normalized spacial score (nSPS) is 11.6. The third-order valence-corrected chi connectivity index (χ3v) is 4.98. The van der Waals surface area contributed by atoms with Gasteiger partial charge >= 0.3 is 0 Å². The van der Waals surface area contributed by atoms with Crippen LogP contribution in [-0.2, 0) is 13.1 Å². The van der Waals surface area contributed by atoms with Gasteiger partial charge in [-0.05, 0) is 31.5 Å². The van der Waals surface area contributed by atoms with E-state index >= 15 is 0 Å². The van der Waals surface area contributed by atoms with Crippen LogP contribution in [0.1, 0.15) is 17.7 Å². The molecule has 0 radical (unpaired) electrons. The van der Waals surface area contributed by atoms with Gasteiger partial charge in [-0.25, -0.2) is 4.98 Å². The van der Waals surface area contributed by atoms with Crippen molar-refractivity contribution in [2.45, 2.75) is 26.4 Å². The van der Waals surface area contributed by atoms with Crippen LogP contribution in [0.3, 0.4) is 0 Å². The van der Waals surface area contributed by atoms with Gasteiger partial charge in [0, 0.05) is 31.1 Å². The molecule has 4 aromatic rings. The first-order chi connectivity index (χ1) is 13.8. The second-order valence-corrected chi connectivity index (χ2v) is 6.78. The minimum absolute atomic E-state index is 0. The fourth-order valence-corrected chi connectivity index (χ4v) is 3.42. The number of aliphatic imine (C=N–C) groups is 1. The lowest BCUT2D eigenvalue weighted by molar-refractivity contribution is 0.534. The van der Waals surface area contributed by atoms with Gasteiger partial charge in [-0.3, -0.25) is 4.99 Å². The molecule has 0 aliphatic heterocycles. The Hall–Kier alpha value is -2.55. The topological polar surface area (TPSA) is 67.4 Å². The lowest BCUT2D eigenvalue weighted by Gasteiger charge is -2.11. The van der Waals surface area contributed by atoms with Gasteiger partial charge in [-0.1, -0.05) is 30.3 Å². The van der Waals surface area contributed by atoms with E-state index < -0.39 is 0 Å². The van der Waals surface area contributed by atoms with E-state index in [-0.39, 0.29) is 24.0 Å². The summed E-state index contributed by atoms with van der Waals surface area (Å²) in [6.45, 7) is 4.43. The zero-order chi connectivity index (χ0) is 19.3. The van der Waals surface area contributed by atoms with Gasteiger partial charge in [-0.2, -0.15) is 0 Å². The summed E-state index contributed by atoms with van der Waals surface area (Å²) in [5, 5.41) is 7.87. The number of fused-ring (bicyclic) bond motifs is 2. The van der Waals surface area contributed by atoms with Crippen molar-refractivity contribution in [2.24, 2.45) is 4.99 Å². The molecular formula is C22H26IN5O. The number of nitrogens with one attached hydrogen (secondary N) is 2. The number of imidazole rings is 1. The molecule has 152 valence electrons. The van der Waals surface area contributed by atoms with E-state index in [2.05, 4.69) is 44.2 Å². The second-order valence-electron chi connectivity index (χ2n) is 6.78. The Labute approximate surface area is 187 Å². The average molecular weight is 503 g/mol. The quantitative estimate of drug-likeness (QED) is 0.177. The minimum atomic E-state index is 0. The van der Waals surface area contributed by atoms with Gasteiger partial charge < -0.3 is 19.6 Å². The Bertz CT molecular complexity index is 1110. The molecule has 4 rings (SSSR count). The molecule has 0 saturated heterocycles. The molecule has 6 nitrogen and oxygen atoms in total. The highest BCUT2D eigenvalue weighted by Gasteiger charge is 2.10. The number of guanidine groups is 1. The highest BCUT2D eigenvalue weighted by atomic mass is 127. The van der Waals surface area contributed by atoms with Crippen LogP contribution < -0.4 is 10.6 Å². The number of halogens is 1. The van der Waals surface area contributed by atoms with Crippen molar-refractivity contribution in [3.63, 3.8) is 0 Å². The zero-order valence-electron chi connectivity index (χ0n) is 16.7. The molecule has 0 spiro atoms. The molecule has 29 heavy (non-hydrogen) atoms. The first-order valence-corrected chi connectivity index (χ1v) is 9.57. The van der Waals surface area contributed by atoms with Gasteiger partial charge in [-0.15, -0.1) is 24.0 Å². The molecule has 0 aliphatic carbocycles. The zero-order valence-corrected chi connectivity index (χ0v) is 19.0. The Morgan fingerprint density at radius 2 is 1.90 bits per heavy atom. The highest BCUT2D eigenvalue weighted by Crippen LogP contribution is 2.24. The third kappa shape index (κ3) is 4.72. The fourth-order valence-electron chi connectivity index (χ4n) is 3.42. The summed E-state index contributed by atoms with van der Waals surface area (Å²) >= 11 is 0. The highest BCUT2D eigenvalue weighted by molar-refractivity contribution is 14.0. The number of benzene rings is 2. The number of hydrogen-bond donors (Lipinski definition) is 2. The number of nitrogens with zero attached hydrogens (tertiary/aromatic N) is 3. The lowest BCUT2D eigenvalue weighted by atomic mass is 10.1. The Morgan fingerprint density at radius 1 is 1.10 bits per heavy atom. The molecule has 0 atom stereocenters. The number of rotatable bonds is 6. The Balaban J connectivity index is 0.00000240. The van der Waals surface area contributed by atoms with Gasteiger partial charge in [0.25, 0.3) is 0 Å². The summed E-state index contributed by atoms with van der Waals surface area (Å²) in [5.74, 6) is 1.71. The summed E-state index contributed by atoms with van der Waals surface area (Å²) in [6, 6.07) is 16.3. The molecule has 2 aromatic heterocycles. The van der Waals surface area contributed by atoms with Crippen molar-refractivity contribution >= 4 is 51.9 Å². The van der Waals surface area contributed by atoms with E-state index in [1.165, 1.54) is 11.1 Å². The van der Waals surface area contributed by atoms with Crippen molar-refractivity contribution in [1.29, 1.82) is 0 Å². The number of furan rings is 1. The van der Waals surface area contributed by atoms with Gasteiger partial charge in [0.05, 0.1) is 23.9 Å². The molecule has 0 fully saturated rings. The van der Waals surface area contributed by atoms with Crippen molar-refractivity contribution in [3.05, 3.63) is 66.2 Å². The number of aromatic nitrogens is 2. The van der Waals surface area contributed by atoms with Crippen LogP contribution in [0.2, 0.25) is 0 Å². The van der Waals surface area contributed by atoms with Gasteiger partial charge in [0.15, 0.2) is 5.96 Å². The maximum Gasteiger partial charge on any atom is 0.191 e. The number of aryl methyl sites for hydroxylation is 2. The van der Waals surface area contributed by atoms with Crippen molar-refractivity contribution in [3.8, 4) is 0 Å². The fraction of sp³-hybridized carbons (Fsp3) is 0.273. The minimum Gasteiger partial charge on any atom is -0.459 e. The van der Waals surface area contributed by atoms with Crippen molar-refractivity contribution < 1.29 is 4.42 Å². The molecule has 0 unspecified atom stereocenters. The Kier molecular flexibility index (Phi) is 7.13. The maximum atomic E-state index is 5.95. The van der Waals surface area contributed by atoms with E-state index in [9.17, 15) is 0 Å². The second kappa shape index (κ2) is 9.78. The predicted molar refractivity (Wildman–Crippen MR) is 129 cm³/mol. The molecule has 2 N–H and O–H groups in total. The molecule has 7 heteroatoms. The van der Waals surface area contributed by atoms with Crippen LogP contribution in [0.15, 0.2) is 64.3 Å². The van der Waals surface area contributed by atoms with Gasteiger partial charge in [0.2, 0.25) is 0 Å². The SMILES string of the molecule is CN=C(NCCCn1cnc2ccccc21)NCc1oc2ccccc2c1C.I. The molecule has 0 saturated carbocycles. The summed E-state index contributed by atoms with van der Waals surface area (Å²) in [5.41, 5.74) is 4.30. The van der Waals surface area contributed by atoms with Crippen LogP contribution in [0, 0.1) is 6.92 Å². The maximum absolute atomic E-state index is 5.95.